The number of halogens is 1. The molecule has 8 heteroatoms. The molecule has 2 amide bonds. The van der Waals surface area contributed by atoms with Gasteiger partial charge in [0.05, 0.1) is 18.0 Å². The molecular formula is C22H22ClN3O2S2. The summed E-state index contributed by atoms with van der Waals surface area (Å²) >= 11 is 9.33. The van der Waals surface area contributed by atoms with Gasteiger partial charge < -0.3 is 10.2 Å². The molecule has 2 aromatic heterocycles. The van der Waals surface area contributed by atoms with Crippen molar-refractivity contribution in [3.05, 3.63) is 73.3 Å². The van der Waals surface area contributed by atoms with Crippen LogP contribution in [0.3, 0.4) is 0 Å². The predicted octanol–water partition coefficient (Wildman–Crippen LogP) is 4.74. The maximum absolute atomic E-state index is 12.6. The molecule has 30 heavy (non-hydrogen) atoms. The van der Waals surface area contributed by atoms with E-state index < -0.39 is 0 Å². The third-order valence-corrected chi connectivity index (χ3v) is 7.51. The molecule has 156 valence electrons. The van der Waals surface area contributed by atoms with E-state index in [2.05, 4.69) is 10.3 Å². The number of carbonyl (C=O) groups excluding carboxylic acids is 2. The molecule has 0 unspecified atom stereocenters. The van der Waals surface area contributed by atoms with Crippen LogP contribution in [0.5, 0.6) is 0 Å². The molecule has 1 fully saturated rings. The van der Waals surface area contributed by atoms with E-state index in [9.17, 15) is 9.59 Å². The second-order valence-electron chi connectivity index (χ2n) is 7.26. The molecule has 1 aliphatic rings. The van der Waals surface area contributed by atoms with Crippen LogP contribution in [0.2, 0.25) is 5.02 Å². The van der Waals surface area contributed by atoms with Crippen molar-refractivity contribution in [1.82, 2.24) is 15.2 Å². The number of nitrogens with one attached hydrogen (secondary N) is 1. The van der Waals surface area contributed by atoms with Gasteiger partial charge in [-0.15, -0.1) is 22.7 Å². The lowest BCUT2D eigenvalue weighted by Gasteiger charge is -2.31. The number of likely N-dealkylation sites (tertiary alicyclic amines) is 1. The monoisotopic (exact) mass is 459 g/mol. The van der Waals surface area contributed by atoms with Gasteiger partial charge in [0.15, 0.2) is 0 Å². The molecule has 5 nitrogen and oxygen atoms in total. The van der Waals surface area contributed by atoms with Gasteiger partial charge in [-0.3, -0.25) is 9.59 Å². The summed E-state index contributed by atoms with van der Waals surface area (Å²) in [4.78, 5) is 32.6. The highest BCUT2D eigenvalue weighted by Crippen LogP contribution is 2.31. The number of nitrogens with zero attached hydrogens (tertiary/aromatic N) is 2. The Hall–Kier alpha value is -2.22. The van der Waals surface area contributed by atoms with Gasteiger partial charge in [-0.2, -0.15) is 0 Å². The molecule has 0 aliphatic carbocycles. The molecule has 1 aromatic carbocycles. The van der Waals surface area contributed by atoms with Crippen molar-refractivity contribution >= 4 is 46.1 Å². The summed E-state index contributed by atoms with van der Waals surface area (Å²) in [5.74, 6) is 0.255. The van der Waals surface area contributed by atoms with E-state index in [1.165, 1.54) is 11.3 Å². The normalized spacial score (nSPS) is 14.6. The van der Waals surface area contributed by atoms with E-state index in [4.69, 9.17) is 11.6 Å². The van der Waals surface area contributed by atoms with Gasteiger partial charge in [0.2, 0.25) is 5.91 Å². The zero-order chi connectivity index (χ0) is 20.9. The van der Waals surface area contributed by atoms with Gasteiger partial charge in [0.25, 0.3) is 5.91 Å². The van der Waals surface area contributed by atoms with Gasteiger partial charge in [-0.05, 0) is 35.9 Å². The molecule has 3 aromatic rings. The highest BCUT2D eigenvalue weighted by atomic mass is 35.5. The number of thiophene rings is 1. The van der Waals surface area contributed by atoms with Crippen LogP contribution in [0.1, 0.15) is 44.7 Å². The number of amides is 2. The van der Waals surface area contributed by atoms with Crippen LogP contribution in [-0.2, 0) is 17.8 Å². The van der Waals surface area contributed by atoms with E-state index in [1.807, 2.05) is 52.1 Å². The van der Waals surface area contributed by atoms with Crippen molar-refractivity contribution in [2.75, 3.05) is 13.1 Å². The second kappa shape index (κ2) is 9.73. The Bertz CT molecular complexity index is 1010. The largest absolute Gasteiger partial charge is 0.346 e. The number of rotatable bonds is 6. The van der Waals surface area contributed by atoms with Crippen LogP contribution in [0.25, 0.3) is 0 Å². The first-order chi connectivity index (χ1) is 14.6. The Morgan fingerprint density at radius 2 is 1.93 bits per heavy atom. The number of aromatic nitrogens is 1. The van der Waals surface area contributed by atoms with E-state index in [0.717, 1.165) is 28.3 Å². The minimum absolute atomic E-state index is 0.106. The van der Waals surface area contributed by atoms with Gasteiger partial charge >= 0.3 is 0 Å². The average Bonchev–Trinajstić information content (AvgIpc) is 3.46. The topological polar surface area (TPSA) is 62.3 Å². The summed E-state index contributed by atoms with van der Waals surface area (Å²) in [6.07, 6.45) is 2.05. The quantitative estimate of drug-likeness (QED) is 0.579. The predicted molar refractivity (Wildman–Crippen MR) is 121 cm³/mol. The molecule has 0 saturated carbocycles. The molecule has 3 heterocycles. The third-order valence-electron chi connectivity index (χ3n) is 5.25. The minimum atomic E-state index is -0.141. The SMILES string of the molecule is O=C(NCc1cccs1)c1csc(C2CCN(C(=O)Cc3ccccc3Cl)CC2)n1. The second-order valence-corrected chi connectivity index (χ2v) is 9.59. The van der Waals surface area contributed by atoms with Crippen LogP contribution >= 0.6 is 34.3 Å². The molecule has 0 spiro atoms. The molecule has 1 saturated heterocycles. The van der Waals surface area contributed by atoms with E-state index in [1.54, 1.807) is 11.3 Å². The lowest BCUT2D eigenvalue weighted by molar-refractivity contribution is -0.131. The van der Waals surface area contributed by atoms with Crippen LogP contribution < -0.4 is 5.32 Å². The maximum atomic E-state index is 12.6. The van der Waals surface area contributed by atoms with Crippen molar-refractivity contribution in [2.24, 2.45) is 0 Å². The lowest BCUT2D eigenvalue weighted by atomic mass is 9.97. The number of carbonyl (C=O) groups is 2. The van der Waals surface area contributed by atoms with Crippen molar-refractivity contribution < 1.29 is 9.59 Å². The molecule has 0 bridgehead atoms. The Morgan fingerprint density at radius 1 is 1.13 bits per heavy atom. The Balaban J connectivity index is 1.28. The first kappa shape index (κ1) is 21.0. The number of hydrogen-bond acceptors (Lipinski definition) is 5. The van der Waals surface area contributed by atoms with Gasteiger partial charge in [0, 0.05) is 34.3 Å². The Morgan fingerprint density at radius 3 is 2.67 bits per heavy atom. The molecule has 4 rings (SSSR count). The minimum Gasteiger partial charge on any atom is -0.346 e. The average molecular weight is 460 g/mol. The Kier molecular flexibility index (Phi) is 6.82. The van der Waals surface area contributed by atoms with E-state index >= 15 is 0 Å². The zero-order valence-corrected chi connectivity index (χ0v) is 18.7. The summed E-state index contributed by atoms with van der Waals surface area (Å²) in [5, 5.41) is 8.35. The summed E-state index contributed by atoms with van der Waals surface area (Å²) < 4.78 is 0. The fraction of sp³-hybridized carbons (Fsp3) is 0.318. The third kappa shape index (κ3) is 5.09. The van der Waals surface area contributed by atoms with Crippen LogP contribution in [-0.4, -0.2) is 34.8 Å². The maximum Gasteiger partial charge on any atom is 0.271 e. The fourth-order valence-corrected chi connectivity index (χ4v) is 5.36. The number of hydrogen-bond donors (Lipinski definition) is 1. The molecule has 0 atom stereocenters. The van der Waals surface area contributed by atoms with Gasteiger partial charge in [-0.1, -0.05) is 35.9 Å². The van der Waals surface area contributed by atoms with E-state index in [0.29, 0.717) is 42.7 Å². The number of piperidine rings is 1. The van der Waals surface area contributed by atoms with E-state index in [-0.39, 0.29) is 11.8 Å². The van der Waals surface area contributed by atoms with Crippen LogP contribution in [0, 0.1) is 0 Å². The fourth-order valence-electron chi connectivity index (χ4n) is 3.54. The molecular weight excluding hydrogens is 438 g/mol. The smallest absolute Gasteiger partial charge is 0.271 e. The first-order valence-corrected chi connectivity index (χ1v) is 12.0. The molecule has 0 radical (unpaired) electrons. The first-order valence-electron chi connectivity index (χ1n) is 9.87. The van der Waals surface area contributed by atoms with Crippen molar-refractivity contribution in [1.29, 1.82) is 0 Å². The van der Waals surface area contributed by atoms with Crippen LogP contribution in [0.4, 0.5) is 0 Å². The number of thiazole rings is 1. The molecule has 1 N–H and O–H groups in total. The van der Waals surface area contributed by atoms with Crippen LogP contribution in [0.15, 0.2) is 47.2 Å². The molecule has 1 aliphatic heterocycles. The van der Waals surface area contributed by atoms with Crippen molar-refractivity contribution in [3.8, 4) is 0 Å². The highest BCUT2D eigenvalue weighted by molar-refractivity contribution is 7.10. The lowest BCUT2D eigenvalue weighted by Crippen LogP contribution is -2.38. The number of benzene rings is 1. The standard InChI is InChI=1S/C22H22ClN3O2S2/c23-18-6-2-1-4-16(18)12-20(27)26-9-7-15(8-10-26)22-25-19(14-30-22)21(28)24-13-17-5-3-11-29-17/h1-6,11,14-15H,7-10,12-13H2,(H,24,28). The summed E-state index contributed by atoms with van der Waals surface area (Å²) in [6.45, 7) is 1.93. The highest BCUT2D eigenvalue weighted by Gasteiger charge is 2.26. The summed E-state index contributed by atoms with van der Waals surface area (Å²) in [7, 11) is 0. The van der Waals surface area contributed by atoms with Crippen molar-refractivity contribution in [2.45, 2.75) is 31.7 Å². The zero-order valence-electron chi connectivity index (χ0n) is 16.3. The summed E-state index contributed by atoms with van der Waals surface area (Å²) in [6, 6.07) is 11.4. The van der Waals surface area contributed by atoms with Gasteiger partial charge in [-0.25, -0.2) is 4.98 Å². The summed E-state index contributed by atoms with van der Waals surface area (Å²) in [5.41, 5.74) is 1.34. The van der Waals surface area contributed by atoms with Crippen molar-refractivity contribution in [3.63, 3.8) is 0 Å². The van der Waals surface area contributed by atoms with Gasteiger partial charge in [0.1, 0.15) is 5.69 Å². The Labute approximate surface area is 188 Å².